The Morgan fingerprint density at radius 1 is 1.22 bits per heavy atom. The summed E-state index contributed by atoms with van der Waals surface area (Å²) in [5.74, 6) is 1.29. The normalized spacial score (nSPS) is 12.4. The van der Waals surface area contributed by atoms with Crippen molar-refractivity contribution in [3.05, 3.63) is 53.6 Å². The number of para-hydroxylation sites is 1. The number of nitriles is 1. The first-order valence-corrected chi connectivity index (χ1v) is 5.61. The van der Waals surface area contributed by atoms with Crippen molar-refractivity contribution >= 4 is 12.9 Å². The summed E-state index contributed by atoms with van der Waals surface area (Å²) in [7, 11) is 1.74. The molecule has 0 aliphatic carbocycles. The summed E-state index contributed by atoms with van der Waals surface area (Å²) in [4.78, 5) is 0. The van der Waals surface area contributed by atoms with E-state index in [2.05, 4.69) is 6.07 Å². The number of hydrogen-bond acceptors (Lipinski definition) is 3. The molecule has 3 rings (SSSR count). The lowest BCUT2D eigenvalue weighted by Crippen LogP contribution is -2.10. The lowest BCUT2D eigenvalue weighted by molar-refractivity contribution is 0.344. The van der Waals surface area contributed by atoms with Crippen LogP contribution in [0.3, 0.4) is 0 Å². The molecule has 0 saturated heterocycles. The van der Waals surface area contributed by atoms with E-state index in [-0.39, 0.29) is 0 Å². The second-order valence-corrected chi connectivity index (χ2v) is 4.00. The van der Waals surface area contributed by atoms with Crippen molar-refractivity contribution in [1.29, 1.82) is 5.26 Å². The Morgan fingerprint density at radius 2 is 2.11 bits per heavy atom. The zero-order chi connectivity index (χ0) is 12.4. The topological polar surface area (TPSA) is 42.2 Å². The molecule has 0 aromatic heterocycles. The number of fused-ring (bicyclic) bond motifs is 1. The average molecular weight is 234 g/mol. The van der Waals surface area contributed by atoms with E-state index in [9.17, 15) is 0 Å². The summed E-state index contributed by atoms with van der Waals surface area (Å²) in [6.07, 6.45) is 0. The summed E-state index contributed by atoms with van der Waals surface area (Å²) in [6.45, 7) is 0.576. The van der Waals surface area contributed by atoms with E-state index >= 15 is 0 Å². The molecule has 0 unspecified atom stereocenters. The van der Waals surface area contributed by atoms with Crippen LogP contribution in [-0.4, -0.2) is 7.48 Å². The van der Waals surface area contributed by atoms with E-state index in [4.69, 9.17) is 14.7 Å². The van der Waals surface area contributed by atoms with Gasteiger partial charge in [0.1, 0.15) is 17.6 Å². The fraction of sp³-hybridized carbons (Fsp3) is 0.0714. The molecule has 0 spiro atoms. The molecule has 0 fully saturated rings. The molecular formula is C14H9BNO2. The molecule has 1 radical (unpaired) electrons. The smallest absolute Gasteiger partial charge is 0.330 e. The van der Waals surface area contributed by atoms with Crippen LogP contribution >= 0.6 is 0 Å². The molecule has 0 bridgehead atoms. The van der Waals surface area contributed by atoms with Crippen molar-refractivity contribution in [2.45, 2.75) is 6.61 Å². The first kappa shape index (κ1) is 10.9. The maximum atomic E-state index is 9.00. The zero-order valence-electron chi connectivity index (χ0n) is 9.59. The molecule has 2 aromatic rings. The lowest BCUT2D eigenvalue weighted by atomic mass is 9.87. The summed E-state index contributed by atoms with van der Waals surface area (Å²) in [5, 5.41) is 9.00. The minimum absolute atomic E-state index is 0.529. The molecule has 0 N–H and O–H groups in total. The molecule has 85 valence electrons. The highest BCUT2D eigenvalue weighted by molar-refractivity contribution is 6.48. The van der Waals surface area contributed by atoms with Gasteiger partial charge in [0.2, 0.25) is 0 Å². The molecule has 1 aliphatic heterocycles. The van der Waals surface area contributed by atoms with Crippen LogP contribution in [0.25, 0.3) is 0 Å². The quantitative estimate of drug-likeness (QED) is 0.747. The maximum Gasteiger partial charge on any atom is 0.330 e. The Balaban J connectivity index is 1.91. The van der Waals surface area contributed by atoms with Gasteiger partial charge in [-0.15, -0.1) is 0 Å². The van der Waals surface area contributed by atoms with E-state index in [1.54, 1.807) is 19.6 Å². The zero-order valence-corrected chi connectivity index (χ0v) is 9.59. The van der Waals surface area contributed by atoms with Crippen molar-refractivity contribution in [2.75, 3.05) is 0 Å². The van der Waals surface area contributed by atoms with Gasteiger partial charge >= 0.3 is 7.48 Å². The van der Waals surface area contributed by atoms with E-state index < -0.39 is 0 Å². The van der Waals surface area contributed by atoms with Gasteiger partial charge in [0.25, 0.3) is 0 Å². The Bertz CT molecular complexity index is 634. The van der Waals surface area contributed by atoms with Crippen LogP contribution < -0.4 is 10.2 Å². The predicted octanol–water partition coefficient (Wildman–Crippen LogP) is 2.13. The van der Waals surface area contributed by atoms with Crippen LogP contribution in [-0.2, 0) is 11.3 Å². The van der Waals surface area contributed by atoms with Gasteiger partial charge < -0.3 is 9.39 Å². The van der Waals surface area contributed by atoms with Gasteiger partial charge in [0.05, 0.1) is 12.2 Å². The third-order valence-corrected chi connectivity index (χ3v) is 2.80. The number of nitrogens with zero attached hydrogens (tertiary/aromatic N) is 1. The Morgan fingerprint density at radius 3 is 3.00 bits per heavy atom. The Kier molecular flexibility index (Phi) is 2.75. The largest absolute Gasteiger partial charge is 0.456 e. The van der Waals surface area contributed by atoms with Crippen LogP contribution in [0, 0.1) is 11.3 Å². The fourth-order valence-electron chi connectivity index (χ4n) is 1.88. The number of benzene rings is 2. The van der Waals surface area contributed by atoms with Crippen LogP contribution in [0.15, 0.2) is 42.5 Å². The van der Waals surface area contributed by atoms with E-state index in [0.29, 0.717) is 17.9 Å². The minimum Gasteiger partial charge on any atom is -0.456 e. The highest BCUT2D eigenvalue weighted by Gasteiger charge is 2.14. The first-order chi connectivity index (χ1) is 8.86. The standard InChI is InChI=1S/C14H9BNO2/c16-8-10-3-1-2-4-14(10)18-12-5-6-13-11(7-12)9-17-15-13/h1-7H,9H2. The van der Waals surface area contributed by atoms with Gasteiger partial charge in [0.15, 0.2) is 0 Å². The van der Waals surface area contributed by atoms with Crippen molar-refractivity contribution in [1.82, 2.24) is 0 Å². The molecule has 4 heteroatoms. The third kappa shape index (κ3) is 1.96. The van der Waals surface area contributed by atoms with Crippen molar-refractivity contribution in [3.8, 4) is 17.6 Å². The van der Waals surface area contributed by atoms with Crippen molar-refractivity contribution < 1.29 is 9.39 Å². The van der Waals surface area contributed by atoms with Gasteiger partial charge in [0, 0.05) is 0 Å². The molecular weight excluding hydrogens is 225 g/mol. The molecule has 0 atom stereocenters. The van der Waals surface area contributed by atoms with Gasteiger partial charge in [-0.2, -0.15) is 5.26 Å². The molecule has 2 aromatic carbocycles. The van der Waals surface area contributed by atoms with Crippen molar-refractivity contribution in [3.63, 3.8) is 0 Å². The monoisotopic (exact) mass is 234 g/mol. The third-order valence-electron chi connectivity index (χ3n) is 2.80. The average Bonchev–Trinajstić information content (AvgIpc) is 2.87. The first-order valence-electron chi connectivity index (χ1n) is 5.61. The minimum atomic E-state index is 0.529. The Hall–Kier alpha value is -2.25. The Labute approximate surface area is 106 Å². The number of ether oxygens (including phenoxy) is 1. The fourth-order valence-corrected chi connectivity index (χ4v) is 1.88. The molecule has 1 heterocycles. The molecule has 3 nitrogen and oxygen atoms in total. The summed E-state index contributed by atoms with van der Waals surface area (Å²) in [6, 6.07) is 15.1. The second kappa shape index (κ2) is 4.56. The molecule has 0 saturated carbocycles. The second-order valence-electron chi connectivity index (χ2n) is 4.00. The van der Waals surface area contributed by atoms with Gasteiger partial charge in [-0.1, -0.05) is 18.2 Å². The van der Waals surface area contributed by atoms with Gasteiger partial charge in [-0.3, -0.25) is 0 Å². The van der Waals surface area contributed by atoms with E-state index in [1.165, 1.54) is 0 Å². The van der Waals surface area contributed by atoms with Crippen LogP contribution in [0.1, 0.15) is 11.1 Å². The maximum absolute atomic E-state index is 9.00. The van der Waals surface area contributed by atoms with E-state index in [0.717, 1.165) is 16.8 Å². The van der Waals surface area contributed by atoms with Crippen molar-refractivity contribution in [2.24, 2.45) is 0 Å². The SMILES string of the molecule is N#Cc1ccccc1Oc1ccc2c(c1)CO[B]2. The number of rotatable bonds is 2. The highest BCUT2D eigenvalue weighted by Crippen LogP contribution is 2.25. The molecule has 0 amide bonds. The molecule has 18 heavy (non-hydrogen) atoms. The summed E-state index contributed by atoms with van der Waals surface area (Å²) >= 11 is 0. The van der Waals surface area contributed by atoms with Crippen LogP contribution in [0.4, 0.5) is 0 Å². The van der Waals surface area contributed by atoms with Crippen LogP contribution in [0.2, 0.25) is 0 Å². The number of hydrogen-bond donors (Lipinski definition) is 0. The van der Waals surface area contributed by atoms with Gasteiger partial charge in [-0.25, -0.2) is 0 Å². The summed E-state index contributed by atoms with van der Waals surface area (Å²) in [5.41, 5.74) is 2.71. The summed E-state index contributed by atoms with van der Waals surface area (Å²) < 4.78 is 11.0. The molecule has 1 aliphatic rings. The van der Waals surface area contributed by atoms with Crippen LogP contribution in [0.5, 0.6) is 11.5 Å². The highest BCUT2D eigenvalue weighted by atomic mass is 16.5. The predicted molar refractivity (Wildman–Crippen MR) is 67.9 cm³/mol. The van der Waals surface area contributed by atoms with Gasteiger partial charge in [-0.05, 0) is 35.3 Å². The lowest BCUT2D eigenvalue weighted by Gasteiger charge is -2.08. The van der Waals surface area contributed by atoms with E-state index in [1.807, 2.05) is 30.3 Å².